The highest BCUT2D eigenvalue weighted by molar-refractivity contribution is 5.95. The number of likely N-dealkylation sites (tertiary alicyclic amines) is 1. The SMILES string of the molecule is CC(=O)c1ccc(-c2ccc3[nH]cc(C4CCN(C)CC4)c3c2)cc1. The molecule has 1 aromatic heterocycles. The Hall–Kier alpha value is -2.39. The molecular formula is C22H24N2O. The molecule has 1 N–H and O–H groups in total. The van der Waals surface area contributed by atoms with Crippen LogP contribution in [0.3, 0.4) is 0 Å². The lowest BCUT2D eigenvalue weighted by Gasteiger charge is -2.28. The molecule has 1 fully saturated rings. The van der Waals surface area contributed by atoms with Crippen molar-refractivity contribution in [3.63, 3.8) is 0 Å². The van der Waals surface area contributed by atoms with Gasteiger partial charge in [-0.25, -0.2) is 0 Å². The van der Waals surface area contributed by atoms with Gasteiger partial charge in [-0.1, -0.05) is 30.3 Å². The summed E-state index contributed by atoms with van der Waals surface area (Å²) in [7, 11) is 2.20. The number of piperidine rings is 1. The topological polar surface area (TPSA) is 36.1 Å². The average molecular weight is 332 g/mol. The molecule has 0 bridgehead atoms. The van der Waals surface area contributed by atoms with Crippen LogP contribution in [0, 0.1) is 0 Å². The molecule has 3 aromatic rings. The molecule has 3 heteroatoms. The Balaban J connectivity index is 1.69. The number of carbonyl (C=O) groups excluding carboxylic acids is 1. The summed E-state index contributed by atoms with van der Waals surface area (Å²) < 4.78 is 0. The van der Waals surface area contributed by atoms with Crippen LogP contribution in [0.15, 0.2) is 48.7 Å². The third-order valence-electron chi connectivity index (χ3n) is 5.50. The largest absolute Gasteiger partial charge is 0.361 e. The van der Waals surface area contributed by atoms with Gasteiger partial charge in [0.2, 0.25) is 0 Å². The summed E-state index contributed by atoms with van der Waals surface area (Å²) in [6.07, 6.45) is 4.64. The molecule has 3 nitrogen and oxygen atoms in total. The Kier molecular flexibility index (Phi) is 4.18. The van der Waals surface area contributed by atoms with Crippen LogP contribution in [0.4, 0.5) is 0 Å². The van der Waals surface area contributed by atoms with Crippen LogP contribution in [0.1, 0.15) is 41.6 Å². The second kappa shape index (κ2) is 6.49. The monoisotopic (exact) mass is 332 g/mol. The van der Waals surface area contributed by atoms with E-state index in [0.717, 1.165) is 11.1 Å². The normalized spacial score (nSPS) is 16.4. The number of hydrogen-bond donors (Lipinski definition) is 1. The molecule has 1 saturated heterocycles. The van der Waals surface area contributed by atoms with E-state index in [1.54, 1.807) is 6.92 Å². The van der Waals surface area contributed by atoms with E-state index in [-0.39, 0.29) is 5.78 Å². The van der Waals surface area contributed by atoms with Gasteiger partial charge in [0, 0.05) is 22.7 Å². The molecule has 2 heterocycles. The summed E-state index contributed by atoms with van der Waals surface area (Å²) in [5, 5.41) is 1.34. The molecule has 0 radical (unpaired) electrons. The van der Waals surface area contributed by atoms with Crippen molar-refractivity contribution in [2.24, 2.45) is 0 Å². The summed E-state index contributed by atoms with van der Waals surface area (Å²) in [4.78, 5) is 17.3. The van der Waals surface area contributed by atoms with Gasteiger partial charge in [0.25, 0.3) is 0 Å². The molecule has 0 spiro atoms. The number of carbonyl (C=O) groups is 1. The maximum absolute atomic E-state index is 11.5. The summed E-state index contributed by atoms with van der Waals surface area (Å²) in [6, 6.07) is 14.5. The fraction of sp³-hybridized carbons (Fsp3) is 0.318. The van der Waals surface area contributed by atoms with Gasteiger partial charge in [-0.05, 0) is 74.6 Å². The zero-order valence-corrected chi connectivity index (χ0v) is 14.9. The first-order valence-electron chi connectivity index (χ1n) is 9.03. The number of H-pyrrole nitrogens is 1. The predicted molar refractivity (Wildman–Crippen MR) is 103 cm³/mol. The first kappa shape index (κ1) is 16.1. The van der Waals surface area contributed by atoms with Gasteiger partial charge in [-0.15, -0.1) is 0 Å². The van der Waals surface area contributed by atoms with Crippen LogP contribution >= 0.6 is 0 Å². The predicted octanol–water partition coefficient (Wildman–Crippen LogP) is 4.85. The van der Waals surface area contributed by atoms with Crippen molar-refractivity contribution in [1.82, 2.24) is 9.88 Å². The van der Waals surface area contributed by atoms with Crippen molar-refractivity contribution in [3.05, 3.63) is 59.8 Å². The number of aromatic nitrogens is 1. The van der Waals surface area contributed by atoms with Crippen molar-refractivity contribution < 1.29 is 4.79 Å². The van der Waals surface area contributed by atoms with Crippen LogP contribution in [0.25, 0.3) is 22.0 Å². The fourth-order valence-electron chi connectivity index (χ4n) is 3.88. The molecule has 0 amide bonds. The number of fused-ring (bicyclic) bond motifs is 1. The number of aromatic amines is 1. The number of Topliss-reactive ketones (excluding diaryl/α,β-unsaturated/α-hetero) is 1. The smallest absolute Gasteiger partial charge is 0.159 e. The minimum absolute atomic E-state index is 0.109. The first-order chi connectivity index (χ1) is 12.1. The molecule has 1 aliphatic rings. The molecule has 0 unspecified atom stereocenters. The Morgan fingerprint density at radius 1 is 1.04 bits per heavy atom. The number of ketones is 1. The maximum Gasteiger partial charge on any atom is 0.159 e. The second-order valence-electron chi connectivity index (χ2n) is 7.22. The number of nitrogens with one attached hydrogen (secondary N) is 1. The van der Waals surface area contributed by atoms with Crippen molar-refractivity contribution in [3.8, 4) is 11.1 Å². The molecule has 1 aliphatic heterocycles. The average Bonchev–Trinajstić information content (AvgIpc) is 3.05. The minimum Gasteiger partial charge on any atom is -0.361 e. The van der Waals surface area contributed by atoms with E-state index in [1.807, 2.05) is 24.3 Å². The third-order valence-corrected chi connectivity index (χ3v) is 5.50. The zero-order chi connectivity index (χ0) is 17.4. The number of rotatable bonds is 3. The van der Waals surface area contributed by atoms with Crippen molar-refractivity contribution in [2.75, 3.05) is 20.1 Å². The fourth-order valence-corrected chi connectivity index (χ4v) is 3.88. The molecule has 0 atom stereocenters. The minimum atomic E-state index is 0.109. The van der Waals surface area contributed by atoms with E-state index in [9.17, 15) is 4.79 Å². The molecule has 2 aromatic carbocycles. The van der Waals surface area contributed by atoms with E-state index in [1.165, 1.54) is 48.0 Å². The lowest BCUT2D eigenvalue weighted by molar-refractivity contribution is 0.101. The van der Waals surface area contributed by atoms with Crippen LogP contribution < -0.4 is 0 Å². The lowest BCUT2D eigenvalue weighted by Crippen LogP contribution is -2.29. The van der Waals surface area contributed by atoms with E-state index >= 15 is 0 Å². The van der Waals surface area contributed by atoms with Gasteiger partial charge < -0.3 is 9.88 Å². The highest BCUT2D eigenvalue weighted by atomic mass is 16.1. The van der Waals surface area contributed by atoms with E-state index in [4.69, 9.17) is 0 Å². The highest BCUT2D eigenvalue weighted by Gasteiger charge is 2.21. The van der Waals surface area contributed by atoms with Gasteiger partial charge in [-0.3, -0.25) is 4.79 Å². The maximum atomic E-state index is 11.5. The Morgan fingerprint density at radius 3 is 2.40 bits per heavy atom. The van der Waals surface area contributed by atoms with Crippen LogP contribution in [0.5, 0.6) is 0 Å². The van der Waals surface area contributed by atoms with Gasteiger partial charge in [0.15, 0.2) is 5.78 Å². The molecule has 25 heavy (non-hydrogen) atoms. The Morgan fingerprint density at radius 2 is 1.72 bits per heavy atom. The summed E-state index contributed by atoms with van der Waals surface area (Å²) in [5.41, 5.74) is 5.78. The first-order valence-corrected chi connectivity index (χ1v) is 9.03. The summed E-state index contributed by atoms with van der Waals surface area (Å²) >= 11 is 0. The molecule has 4 rings (SSSR count). The molecule has 0 saturated carbocycles. The molecule has 128 valence electrons. The van der Waals surface area contributed by atoms with Crippen molar-refractivity contribution in [1.29, 1.82) is 0 Å². The standard InChI is InChI=1S/C22H24N2O/c1-15(25)16-3-5-17(6-4-16)19-7-8-22-20(13-19)21(14-23-22)18-9-11-24(2)12-10-18/h3-8,13-14,18,23H,9-12H2,1-2H3. The van der Waals surface area contributed by atoms with Gasteiger partial charge >= 0.3 is 0 Å². The van der Waals surface area contributed by atoms with Gasteiger partial charge in [0.1, 0.15) is 0 Å². The number of hydrogen-bond acceptors (Lipinski definition) is 2. The molecular weight excluding hydrogens is 308 g/mol. The highest BCUT2D eigenvalue weighted by Crippen LogP contribution is 2.35. The van der Waals surface area contributed by atoms with Crippen LogP contribution in [0.2, 0.25) is 0 Å². The Bertz CT molecular complexity index is 899. The summed E-state index contributed by atoms with van der Waals surface area (Å²) in [6.45, 7) is 3.95. The van der Waals surface area contributed by atoms with Crippen molar-refractivity contribution >= 4 is 16.7 Å². The Labute approximate surface area is 148 Å². The third kappa shape index (κ3) is 3.12. The quantitative estimate of drug-likeness (QED) is 0.696. The van der Waals surface area contributed by atoms with Gasteiger partial charge in [0.05, 0.1) is 0 Å². The van der Waals surface area contributed by atoms with Crippen LogP contribution in [-0.4, -0.2) is 35.8 Å². The van der Waals surface area contributed by atoms with E-state index < -0.39 is 0 Å². The summed E-state index contributed by atoms with van der Waals surface area (Å²) in [5.74, 6) is 0.748. The second-order valence-corrected chi connectivity index (χ2v) is 7.22. The zero-order valence-electron chi connectivity index (χ0n) is 14.9. The lowest BCUT2D eigenvalue weighted by atomic mass is 9.88. The van der Waals surface area contributed by atoms with Gasteiger partial charge in [-0.2, -0.15) is 0 Å². The number of nitrogens with zero attached hydrogens (tertiary/aromatic N) is 1. The van der Waals surface area contributed by atoms with E-state index in [2.05, 4.69) is 41.3 Å². The van der Waals surface area contributed by atoms with E-state index in [0.29, 0.717) is 5.92 Å². The number of benzene rings is 2. The van der Waals surface area contributed by atoms with Crippen LogP contribution in [-0.2, 0) is 0 Å². The van der Waals surface area contributed by atoms with Crippen molar-refractivity contribution in [2.45, 2.75) is 25.7 Å². The molecule has 0 aliphatic carbocycles.